The maximum atomic E-state index is 5.47. The molecule has 1 fully saturated rings. The Hall–Kier alpha value is -0.690. The fraction of sp³-hybridized carbons (Fsp3) is 0.333. The molecule has 2 heteroatoms. The Morgan fingerprint density at radius 3 is 2.82 bits per heavy atom. The second-order valence-electron chi connectivity index (χ2n) is 2.99. The average Bonchev–Trinajstić information content (AvgIpc) is 2.87. The monoisotopic (exact) mass is 167 g/mol. The number of nitrogens with one attached hydrogen (secondary N) is 1. The Labute approximate surface area is 71.5 Å². The van der Waals surface area contributed by atoms with Crippen molar-refractivity contribution in [1.29, 1.82) is 0 Å². The summed E-state index contributed by atoms with van der Waals surface area (Å²) < 4.78 is 0. The van der Waals surface area contributed by atoms with Crippen molar-refractivity contribution in [2.45, 2.75) is 18.8 Å². The van der Waals surface area contributed by atoms with Gasteiger partial charge in [0.1, 0.15) is 0 Å². The smallest absolute Gasteiger partial charge is 0.0494 e. The van der Waals surface area contributed by atoms with E-state index in [0.29, 0.717) is 0 Å². The summed E-state index contributed by atoms with van der Waals surface area (Å²) >= 11 is 5.47. The highest BCUT2D eigenvalue weighted by molar-refractivity contribution is 6.23. The first-order chi connectivity index (χ1) is 5.40. The van der Waals surface area contributed by atoms with Crippen molar-refractivity contribution in [2.24, 2.45) is 0 Å². The van der Waals surface area contributed by atoms with E-state index in [1.807, 2.05) is 12.1 Å². The highest BCUT2D eigenvalue weighted by Crippen LogP contribution is 2.40. The number of anilines is 1. The van der Waals surface area contributed by atoms with Crippen molar-refractivity contribution in [3.8, 4) is 0 Å². The van der Waals surface area contributed by atoms with Gasteiger partial charge in [-0.25, -0.2) is 0 Å². The summed E-state index contributed by atoms with van der Waals surface area (Å²) in [6.45, 7) is 0. The Bertz CT molecular complexity index is 255. The van der Waals surface area contributed by atoms with Crippen LogP contribution in [-0.4, -0.2) is 0 Å². The van der Waals surface area contributed by atoms with Crippen LogP contribution in [0.1, 0.15) is 24.3 Å². The highest BCUT2D eigenvalue weighted by Gasteiger charge is 2.23. The number of benzene rings is 1. The summed E-state index contributed by atoms with van der Waals surface area (Å²) in [6.07, 6.45) is 2.68. The van der Waals surface area contributed by atoms with Crippen LogP contribution in [0.4, 0.5) is 5.69 Å². The normalized spacial score (nSPS) is 16.5. The summed E-state index contributed by atoms with van der Waals surface area (Å²) in [5.74, 6) is 0.806. The van der Waals surface area contributed by atoms with Crippen LogP contribution >= 0.6 is 11.8 Å². The zero-order chi connectivity index (χ0) is 7.68. The first kappa shape index (κ1) is 6.99. The second-order valence-corrected chi connectivity index (χ2v) is 3.18. The van der Waals surface area contributed by atoms with Gasteiger partial charge in [-0.3, -0.25) is 4.84 Å². The Morgan fingerprint density at radius 1 is 1.36 bits per heavy atom. The second kappa shape index (κ2) is 2.74. The van der Waals surface area contributed by atoms with E-state index in [1.165, 1.54) is 18.4 Å². The molecule has 0 unspecified atom stereocenters. The zero-order valence-corrected chi connectivity index (χ0v) is 6.93. The van der Waals surface area contributed by atoms with Crippen molar-refractivity contribution < 1.29 is 0 Å². The van der Waals surface area contributed by atoms with Crippen molar-refractivity contribution in [3.05, 3.63) is 29.8 Å². The van der Waals surface area contributed by atoms with Gasteiger partial charge in [0.2, 0.25) is 0 Å². The molecule has 58 valence electrons. The van der Waals surface area contributed by atoms with E-state index in [4.69, 9.17) is 11.8 Å². The SMILES string of the molecule is ClNc1cccc(C2CC2)c1. The molecule has 0 amide bonds. The molecule has 11 heavy (non-hydrogen) atoms. The van der Waals surface area contributed by atoms with Gasteiger partial charge in [-0.15, -0.1) is 0 Å². The zero-order valence-electron chi connectivity index (χ0n) is 6.18. The molecule has 0 bridgehead atoms. The molecule has 1 aromatic rings. The van der Waals surface area contributed by atoms with E-state index >= 15 is 0 Å². The molecule has 0 aromatic heterocycles. The van der Waals surface area contributed by atoms with Crippen LogP contribution in [0.5, 0.6) is 0 Å². The fourth-order valence-corrected chi connectivity index (χ4v) is 1.39. The minimum Gasteiger partial charge on any atom is -0.299 e. The summed E-state index contributed by atoms with van der Waals surface area (Å²) in [5.41, 5.74) is 2.41. The summed E-state index contributed by atoms with van der Waals surface area (Å²) in [7, 11) is 0. The number of hydrogen-bond donors (Lipinski definition) is 1. The molecule has 0 saturated heterocycles. The standard InChI is InChI=1S/C9H10ClN/c10-11-9-3-1-2-8(6-9)7-4-5-7/h1-3,6-7,11H,4-5H2. The van der Waals surface area contributed by atoms with Crippen LogP contribution < -0.4 is 4.84 Å². The maximum Gasteiger partial charge on any atom is 0.0494 e. The van der Waals surface area contributed by atoms with Gasteiger partial charge in [0.15, 0.2) is 0 Å². The highest BCUT2D eigenvalue weighted by atomic mass is 35.5. The maximum absolute atomic E-state index is 5.47. The first-order valence-corrected chi connectivity index (χ1v) is 4.24. The van der Waals surface area contributed by atoms with Crippen LogP contribution in [0.3, 0.4) is 0 Å². The molecule has 1 nitrogen and oxygen atoms in total. The molecule has 0 heterocycles. The minimum atomic E-state index is 0.806. The molecule has 0 spiro atoms. The van der Waals surface area contributed by atoms with Crippen LogP contribution in [0.2, 0.25) is 0 Å². The summed E-state index contributed by atoms with van der Waals surface area (Å²) in [6, 6.07) is 8.29. The van der Waals surface area contributed by atoms with E-state index in [0.717, 1.165) is 11.6 Å². The Balaban J connectivity index is 2.26. The van der Waals surface area contributed by atoms with Crippen molar-refractivity contribution in [2.75, 3.05) is 4.84 Å². The van der Waals surface area contributed by atoms with Crippen LogP contribution in [0.25, 0.3) is 0 Å². The third kappa shape index (κ3) is 1.48. The van der Waals surface area contributed by atoms with E-state index < -0.39 is 0 Å². The lowest BCUT2D eigenvalue weighted by atomic mass is 10.1. The minimum absolute atomic E-state index is 0.806. The molecular weight excluding hydrogens is 158 g/mol. The molecule has 1 N–H and O–H groups in total. The van der Waals surface area contributed by atoms with Crippen LogP contribution in [-0.2, 0) is 0 Å². The quantitative estimate of drug-likeness (QED) is 0.668. The lowest BCUT2D eigenvalue weighted by Gasteiger charge is -2.00. The largest absolute Gasteiger partial charge is 0.299 e. The Morgan fingerprint density at radius 2 is 2.18 bits per heavy atom. The predicted molar refractivity (Wildman–Crippen MR) is 47.9 cm³/mol. The van der Waals surface area contributed by atoms with Gasteiger partial charge < -0.3 is 0 Å². The van der Waals surface area contributed by atoms with E-state index in [1.54, 1.807) is 0 Å². The molecular formula is C9H10ClN. The topological polar surface area (TPSA) is 12.0 Å². The molecule has 1 aromatic carbocycles. The van der Waals surface area contributed by atoms with Crippen molar-refractivity contribution >= 4 is 17.5 Å². The van der Waals surface area contributed by atoms with Gasteiger partial charge in [0.05, 0.1) is 0 Å². The molecule has 0 aliphatic heterocycles. The third-order valence-electron chi connectivity index (χ3n) is 2.04. The van der Waals surface area contributed by atoms with Gasteiger partial charge >= 0.3 is 0 Å². The van der Waals surface area contributed by atoms with E-state index in [2.05, 4.69) is 17.0 Å². The fourth-order valence-electron chi connectivity index (χ4n) is 1.27. The molecule has 2 rings (SSSR count). The number of halogens is 1. The summed E-state index contributed by atoms with van der Waals surface area (Å²) in [5, 5.41) is 0. The lowest BCUT2D eigenvalue weighted by molar-refractivity contribution is 1.13. The third-order valence-corrected chi connectivity index (χ3v) is 2.26. The van der Waals surface area contributed by atoms with Crippen molar-refractivity contribution in [3.63, 3.8) is 0 Å². The molecule has 1 saturated carbocycles. The molecule has 0 atom stereocenters. The first-order valence-electron chi connectivity index (χ1n) is 3.87. The van der Waals surface area contributed by atoms with Crippen LogP contribution in [0.15, 0.2) is 24.3 Å². The molecule has 1 aliphatic carbocycles. The molecule has 1 aliphatic rings. The van der Waals surface area contributed by atoms with Gasteiger partial charge in [-0.2, -0.15) is 0 Å². The van der Waals surface area contributed by atoms with Crippen LogP contribution in [0, 0.1) is 0 Å². The Kier molecular flexibility index (Phi) is 1.74. The number of hydrogen-bond acceptors (Lipinski definition) is 1. The molecule has 0 radical (unpaired) electrons. The summed E-state index contributed by atoms with van der Waals surface area (Å²) in [4.78, 5) is 2.62. The predicted octanol–water partition coefficient (Wildman–Crippen LogP) is 3.13. The van der Waals surface area contributed by atoms with Gasteiger partial charge in [-0.05, 0) is 36.5 Å². The van der Waals surface area contributed by atoms with Crippen molar-refractivity contribution in [1.82, 2.24) is 0 Å². The lowest BCUT2D eigenvalue weighted by Crippen LogP contribution is -1.82. The van der Waals surface area contributed by atoms with E-state index in [-0.39, 0.29) is 0 Å². The van der Waals surface area contributed by atoms with Gasteiger partial charge in [0, 0.05) is 17.5 Å². The average molecular weight is 168 g/mol. The van der Waals surface area contributed by atoms with Gasteiger partial charge in [-0.1, -0.05) is 12.1 Å². The van der Waals surface area contributed by atoms with E-state index in [9.17, 15) is 0 Å². The number of rotatable bonds is 2. The van der Waals surface area contributed by atoms with Gasteiger partial charge in [0.25, 0.3) is 0 Å².